The number of Topliss-reactive ketones (excluding diaryl/α,β-unsaturated/α-hetero) is 1. The molecule has 4 rings (SSSR count). The van der Waals surface area contributed by atoms with Gasteiger partial charge in [0.25, 0.3) is 5.56 Å². The Morgan fingerprint density at radius 3 is 2.36 bits per heavy atom. The number of aliphatic hydroxyl groups excluding tert-OH is 1. The number of benzene rings is 3. The topological polar surface area (TPSA) is 108 Å². The van der Waals surface area contributed by atoms with Crippen LogP contribution in [0.2, 0.25) is 0 Å². The van der Waals surface area contributed by atoms with Gasteiger partial charge in [-0.1, -0.05) is 37.3 Å². The number of carbonyl (C=O) groups excluding carboxylic acids is 1. The summed E-state index contributed by atoms with van der Waals surface area (Å²) in [7, 11) is 1.62. The van der Waals surface area contributed by atoms with Gasteiger partial charge in [-0.15, -0.1) is 0 Å². The van der Waals surface area contributed by atoms with Crippen molar-refractivity contribution in [2.75, 3.05) is 40.0 Å². The van der Waals surface area contributed by atoms with Crippen LogP contribution >= 0.6 is 0 Å². The summed E-state index contributed by atoms with van der Waals surface area (Å²) in [5, 5.41) is 14.4. The number of hydrogen-bond acceptors (Lipinski definition) is 8. The van der Waals surface area contributed by atoms with E-state index >= 15 is 0 Å². The molecule has 3 aromatic carbocycles. The number of aliphatic hydroxyl groups is 1. The molecule has 0 fully saturated rings. The van der Waals surface area contributed by atoms with Crippen LogP contribution in [0.4, 0.5) is 0 Å². The minimum Gasteiger partial charge on any atom is -0.497 e. The molecule has 9 nitrogen and oxygen atoms in total. The molecule has 9 heteroatoms. The largest absolute Gasteiger partial charge is 0.497 e. The predicted molar refractivity (Wildman–Crippen MR) is 162 cm³/mol. The second-order valence-electron chi connectivity index (χ2n) is 9.75. The molecule has 1 aromatic heterocycles. The second-order valence-corrected chi connectivity index (χ2v) is 9.75. The first-order valence-electron chi connectivity index (χ1n) is 14.1. The van der Waals surface area contributed by atoms with Gasteiger partial charge in [-0.05, 0) is 48.0 Å². The zero-order valence-electron chi connectivity index (χ0n) is 24.1. The van der Waals surface area contributed by atoms with Gasteiger partial charge in [0.05, 0.1) is 25.8 Å². The molecule has 0 saturated carbocycles. The highest BCUT2D eigenvalue weighted by Crippen LogP contribution is 2.33. The van der Waals surface area contributed by atoms with E-state index in [4.69, 9.17) is 18.9 Å². The van der Waals surface area contributed by atoms with Crippen LogP contribution in [0.25, 0.3) is 10.9 Å². The Bertz CT molecular complexity index is 1490. The van der Waals surface area contributed by atoms with E-state index in [-0.39, 0.29) is 31.0 Å². The third-order valence-electron chi connectivity index (χ3n) is 6.70. The quantitative estimate of drug-likeness (QED) is 0.181. The minimum atomic E-state index is -0.771. The number of pyridine rings is 1. The molecule has 1 unspecified atom stereocenters. The van der Waals surface area contributed by atoms with Crippen molar-refractivity contribution in [1.82, 2.24) is 9.88 Å². The Balaban J connectivity index is 1.41. The maximum absolute atomic E-state index is 13.0. The molecule has 4 aromatic rings. The van der Waals surface area contributed by atoms with E-state index < -0.39 is 6.10 Å². The number of aromatic nitrogens is 1. The summed E-state index contributed by atoms with van der Waals surface area (Å²) in [5.41, 5.74) is 1.36. The molecular weight excluding hydrogens is 536 g/mol. The standard InChI is InChI=1S/C33H38N2O7/c1-3-25(36)17-19-41-31-15-14-30(29-13-16-32(38)35(33(29)31)22-24-7-5-4-6-8-24)42-23-26(37)21-34-18-20-40-28-11-9-27(39-2)10-12-28/h4-16,26,34,37H,3,17-23H2,1-2H3. The molecular formula is C33H38N2O7. The van der Waals surface area contributed by atoms with E-state index in [1.165, 1.54) is 6.07 Å². The van der Waals surface area contributed by atoms with Gasteiger partial charge in [-0.3, -0.25) is 9.59 Å². The average molecular weight is 575 g/mol. The molecule has 0 amide bonds. The first-order valence-corrected chi connectivity index (χ1v) is 14.1. The Morgan fingerprint density at radius 2 is 1.62 bits per heavy atom. The molecule has 0 aliphatic carbocycles. The van der Waals surface area contributed by atoms with Crippen LogP contribution in [0.1, 0.15) is 25.3 Å². The Kier molecular flexibility index (Phi) is 11.4. The van der Waals surface area contributed by atoms with Gasteiger partial charge in [-0.2, -0.15) is 0 Å². The molecule has 1 atom stereocenters. The Hall–Kier alpha value is -4.34. The lowest BCUT2D eigenvalue weighted by atomic mass is 10.1. The number of nitrogens with zero attached hydrogens (tertiary/aromatic N) is 1. The van der Waals surface area contributed by atoms with E-state index in [9.17, 15) is 14.7 Å². The third-order valence-corrected chi connectivity index (χ3v) is 6.70. The highest BCUT2D eigenvalue weighted by molar-refractivity contribution is 5.90. The first-order chi connectivity index (χ1) is 20.5. The zero-order valence-corrected chi connectivity index (χ0v) is 24.1. The van der Waals surface area contributed by atoms with Gasteiger partial charge < -0.3 is 33.9 Å². The monoisotopic (exact) mass is 574 g/mol. The van der Waals surface area contributed by atoms with Crippen molar-refractivity contribution in [3.63, 3.8) is 0 Å². The number of fused-ring (bicyclic) bond motifs is 1. The number of ether oxygens (including phenoxy) is 4. The van der Waals surface area contributed by atoms with Crippen molar-refractivity contribution in [2.24, 2.45) is 0 Å². The van der Waals surface area contributed by atoms with Crippen molar-refractivity contribution in [1.29, 1.82) is 0 Å². The van der Waals surface area contributed by atoms with Gasteiger partial charge >= 0.3 is 0 Å². The molecule has 0 aliphatic rings. The van der Waals surface area contributed by atoms with E-state index in [0.29, 0.717) is 55.1 Å². The molecule has 222 valence electrons. The maximum atomic E-state index is 13.0. The highest BCUT2D eigenvalue weighted by Gasteiger charge is 2.16. The number of rotatable bonds is 17. The number of nitrogens with one attached hydrogen (secondary N) is 1. The summed E-state index contributed by atoms with van der Waals surface area (Å²) in [4.78, 5) is 24.9. The zero-order chi connectivity index (χ0) is 29.7. The highest BCUT2D eigenvalue weighted by atomic mass is 16.5. The smallest absolute Gasteiger partial charge is 0.251 e. The van der Waals surface area contributed by atoms with E-state index in [0.717, 1.165) is 17.1 Å². The summed E-state index contributed by atoms with van der Waals surface area (Å²) in [6.07, 6.45) is -0.0361. The minimum absolute atomic E-state index is 0.0461. The lowest BCUT2D eigenvalue weighted by Gasteiger charge is -2.19. The summed E-state index contributed by atoms with van der Waals surface area (Å²) in [6.45, 7) is 3.72. The summed E-state index contributed by atoms with van der Waals surface area (Å²) < 4.78 is 24.5. The summed E-state index contributed by atoms with van der Waals surface area (Å²) in [6, 6.07) is 23.8. The van der Waals surface area contributed by atoms with Crippen LogP contribution in [-0.2, 0) is 11.3 Å². The number of hydrogen-bond donors (Lipinski definition) is 2. The molecule has 0 spiro atoms. The van der Waals surface area contributed by atoms with Crippen LogP contribution < -0.4 is 29.8 Å². The number of ketones is 1. The van der Waals surface area contributed by atoms with Gasteiger partial charge in [0.1, 0.15) is 48.1 Å². The second kappa shape index (κ2) is 15.6. The molecule has 1 heterocycles. The van der Waals surface area contributed by atoms with Crippen molar-refractivity contribution < 1.29 is 28.8 Å². The van der Waals surface area contributed by atoms with E-state index in [2.05, 4.69) is 5.32 Å². The fraction of sp³-hybridized carbons (Fsp3) is 0.333. The van der Waals surface area contributed by atoms with Crippen LogP contribution in [-0.4, -0.2) is 61.6 Å². The fourth-order valence-corrected chi connectivity index (χ4v) is 4.41. The SMILES string of the molecule is CCC(=O)CCOc1ccc(OCC(O)CNCCOc2ccc(OC)cc2)c2ccc(=O)n(Cc3ccccc3)c12. The van der Waals surface area contributed by atoms with Crippen LogP contribution in [0.15, 0.2) is 83.7 Å². The van der Waals surface area contributed by atoms with Crippen molar-refractivity contribution >= 4 is 16.7 Å². The van der Waals surface area contributed by atoms with Gasteiger partial charge in [0.2, 0.25) is 0 Å². The molecule has 0 saturated heterocycles. The Labute approximate surface area is 245 Å². The molecule has 42 heavy (non-hydrogen) atoms. The van der Waals surface area contributed by atoms with Crippen LogP contribution in [0.5, 0.6) is 23.0 Å². The van der Waals surface area contributed by atoms with Crippen molar-refractivity contribution in [2.45, 2.75) is 32.4 Å². The molecule has 0 bridgehead atoms. The molecule has 2 N–H and O–H groups in total. The lowest BCUT2D eigenvalue weighted by molar-refractivity contribution is -0.119. The van der Waals surface area contributed by atoms with Crippen molar-refractivity contribution in [3.8, 4) is 23.0 Å². The first kappa shape index (κ1) is 30.6. The van der Waals surface area contributed by atoms with Crippen LogP contribution in [0, 0.1) is 0 Å². The number of carbonyl (C=O) groups is 1. The predicted octanol–water partition coefficient (Wildman–Crippen LogP) is 4.21. The summed E-state index contributed by atoms with van der Waals surface area (Å²) >= 11 is 0. The van der Waals surface area contributed by atoms with Crippen LogP contribution in [0.3, 0.4) is 0 Å². The third kappa shape index (κ3) is 8.58. The van der Waals surface area contributed by atoms with Gasteiger partial charge in [-0.25, -0.2) is 0 Å². The maximum Gasteiger partial charge on any atom is 0.251 e. The summed E-state index contributed by atoms with van der Waals surface area (Å²) in [5.74, 6) is 2.63. The molecule has 0 radical (unpaired) electrons. The average Bonchev–Trinajstić information content (AvgIpc) is 3.02. The lowest BCUT2D eigenvalue weighted by Crippen LogP contribution is -2.33. The van der Waals surface area contributed by atoms with Crippen molar-refractivity contribution in [3.05, 3.63) is 94.8 Å². The Morgan fingerprint density at radius 1 is 0.881 bits per heavy atom. The fourth-order valence-electron chi connectivity index (χ4n) is 4.41. The number of methoxy groups -OCH3 is 1. The van der Waals surface area contributed by atoms with E-state index in [1.54, 1.807) is 29.9 Å². The van der Waals surface area contributed by atoms with E-state index in [1.807, 2.05) is 61.5 Å². The van der Waals surface area contributed by atoms with Gasteiger partial charge in [0.15, 0.2) is 0 Å². The van der Waals surface area contributed by atoms with Gasteiger partial charge in [0, 0.05) is 37.4 Å². The normalized spacial score (nSPS) is 11.7. The molecule has 0 aliphatic heterocycles.